The van der Waals surface area contributed by atoms with Gasteiger partial charge in [0.2, 0.25) is 5.91 Å². The van der Waals surface area contributed by atoms with Crippen molar-refractivity contribution in [2.45, 2.75) is 4.34 Å². The third-order valence-corrected chi connectivity index (χ3v) is 7.79. The molecule has 0 saturated heterocycles. The number of aromatic nitrogens is 1. The molecule has 0 aliphatic carbocycles. The van der Waals surface area contributed by atoms with E-state index in [9.17, 15) is 29.3 Å². The average molecular weight is 549 g/mol. The highest BCUT2D eigenvalue weighted by atomic mass is 32.2. The predicted molar refractivity (Wildman–Crippen MR) is 141 cm³/mol. The van der Waals surface area contributed by atoms with Crippen LogP contribution in [0.1, 0.15) is 31.1 Å². The first kappa shape index (κ1) is 25.0. The number of rotatable bonds is 7. The van der Waals surface area contributed by atoms with Crippen LogP contribution in [0.25, 0.3) is 10.2 Å². The number of methoxy groups -OCH3 is 1. The van der Waals surface area contributed by atoms with Gasteiger partial charge in [0, 0.05) is 12.1 Å². The van der Waals surface area contributed by atoms with Crippen molar-refractivity contribution in [1.82, 2.24) is 4.98 Å². The Kier molecular flexibility index (Phi) is 6.61. The highest BCUT2D eigenvalue weighted by Gasteiger charge is 2.38. The number of nitro benzene ring substituents is 1. The molecule has 0 saturated carbocycles. The van der Waals surface area contributed by atoms with E-state index in [0.717, 1.165) is 11.0 Å². The quantitative estimate of drug-likeness (QED) is 0.116. The molecule has 13 heteroatoms. The lowest BCUT2D eigenvalue weighted by molar-refractivity contribution is -0.384. The minimum absolute atomic E-state index is 0.0235. The number of fused-ring (bicyclic) bond motifs is 2. The normalized spacial score (nSPS) is 12.5. The first-order valence-corrected chi connectivity index (χ1v) is 12.7. The third-order valence-electron chi connectivity index (χ3n) is 5.62. The van der Waals surface area contributed by atoms with E-state index in [2.05, 4.69) is 10.3 Å². The summed E-state index contributed by atoms with van der Waals surface area (Å²) in [6, 6.07) is 14.9. The van der Waals surface area contributed by atoms with Crippen LogP contribution in [-0.2, 0) is 9.53 Å². The number of hydrogen-bond acceptors (Lipinski definition) is 10. The lowest BCUT2D eigenvalue weighted by Gasteiger charge is -2.13. The fraction of sp³-hybridized carbons (Fsp3) is 0.0800. The minimum atomic E-state index is -0.643. The maximum Gasteiger partial charge on any atom is 0.339 e. The molecule has 5 rings (SSSR count). The van der Waals surface area contributed by atoms with E-state index in [0.29, 0.717) is 25.9 Å². The molecule has 1 aliphatic heterocycles. The first-order valence-electron chi connectivity index (χ1n) is 10.9. The molecule has 11 nitrogen and oxygen atoms in total. The first-order chi connectivity index (χ1) is 18.3. The van der Waals surface area contributed by atoms with Gasteiger partial charge in [-0.15, -0.1) is 11.3 Å². The lowest BCUT2D eigenvalue weighted by Crippen LogP contribution is -2.29. The van der Waals surface area contributed by atoms with Gasteiger partial charge in [-0.05, 0) is 36.4 Å². The Labute approximate surface area is 222 Å². The Morgan fingerprint density at radius 1 is 1.08 bits per heavy atom. The van der Waals surface area contributed by atoms with Crippen molar-refractivity contribution in [1.29, 1.82) is 0 Å². The number of esters is 1. The van der Waals surface area contributed by atoms with Gasteiger partial charge in [-0.1, -0.05) is 23.9 Å². The summed E-state index contributed by atoms with van der Waals surface area (Å²) in [6.07, 6.45) is 0. The van der Waals surface area contributed by atoms with Crippen molar-refractivity contribution >= 4 is 74.1 Å². The molecule has 0 spiro atoms. The maximum absolute atomic E-state index is 12.9. The number of carbonyl (C=O) groups is 4. The summed E-state index contributed by atoms with van der Waals surface area (Å²) in [4.78, 5) is 66.2. The maximum atomic E-state index is 12.9. The van der Waals surface area contributed by atoms with E-state index < -0.39 is 22.7 Å². The molecule has 0 bridgehead atoms. The monoisotopic (exact) mass is 548 g/mol. The predicted octanol–water partition coefficient (Wildman–Crippen LogP) is 4.52. The molecule has 2 heterocycles. The van der Waals surface area contributed by atoms with E-state index >= 15 is 0 Å². The SMILES string of the molecule is COC(=O)c1ccccc1NC(=O)CSc1nc2ccc(N3C(=O)c4ccc([N+](=O)[O-])cc4C3=O)cc2s1. The van der Waals surface area contributed by atoms with Gasteiger partial charge in [0.1, 0.15) is 0 Å². The molecule has 1 aromatic heterocycles. The number of benzene rings is 3. The van der Waals surface area contributed by atoms with Crippen LogP contribution in [0.3, 0.4) is 0 Å². The molecule has 0 radical (unpaired) electrons. The molecule has 1 N–H and O–H groups in total. The third kappa shape index (κ3) is 4.60. The van der Waals surface area contributed by atoms with Crippen molar-refractivity contribution < 1.29 is 28.8 Å². The van der Waals surface area contributed by atoms with Crippen molar-refractivity contribution in [2.75, 3.05) is 23.1 Å². The summed E-state index contributed by atoms with van der Waals surface area (Å²) in [7, 11) is 1.26. The average Bonchev–Trinajstić information content (AvgIpc) is 3.44. The molecular weight excluding hydrogens is 532 g/mol. The standard InChI is InChI=1S/C25H16N4O7S2/c1-36-24(33)16-4-2-3-5-18(16)26-21(30)12-37-25-27-19-9-7-13(11-20(19)38-25)28-22(31)15-8-6-14(29(34)35)10-17(15)23(28)32/h2-11H,12H2,1H3,(H,26,30). The zero-order valence-electron chi connectivity index (χ0n) is 19.5. The molecule has 38 heavy (non-hydrogen) atoms. The van der Waals surface area contributed by atoms with Gasteiger partial charge in [-0.25, -0.2) is 14.7 Å². The Morgan fingerprint density at radius 2 is 1.84 bits per heavy atom. The number of carbonyl (C=O) groups excluding carboxylic acids is 4. The van der Waals surface area contributed by atoms with Crippen LogP contribution in [0.4, 0.5) is 17.1 Å². The van der Waals surface area contributed by atoms with Crippen LogP contribution in [0.2, 0.25) is 0 Å². The number of hydrogen-bond donors (Lipinski definition) is 1. The Morgan fingerprint density at radius 3 is 2.61 bits per heavy atom. The van der Waals surface area contributed by atoms with Crippen molar-refractivity contribution in [3.63, 3.8) is 0 Å². The summed E-state index contributed by atoms with van der Waals surface area (Å²) < 4.78 is 6.01. The molecule has 0 atom stereocenters. The zero-order valence-corrected chi connectivity index (χ0v) is 21.1. The molecule has 3 aromatic carbocycles. The van der Waals surface area contributed by atoms with Crippen molar-refractivity contribution in [3.05, 3.63) is 87.5 Å². The van der Waals surface area contributed by atoms with Crippen molar-refractivity contribution in [2.24, 2.45) is 0 Å². The highest BCUT2D eigenvalue weighted by Crippen LogP contribution is 2.35. The second-order valence-corrected chi connectivity index (χ2v) is 10.2. The summed E-state index contributed by atoms with van der Waals surface area (Å²) in [5, 5.41) is 13.8. The molecule has 1 aliphatic rings. The second kappa shape index (κ2) is 10.0. The minimum Gasteiger partial charge on any atom is -0.465 e. The van der Waals surface area contributed by atoms with Gasteiger partial charge in [0.15, 0.2) is 4.34 Å². The number of imide groups is 1. The number of anilines is 2. The van der Waals surface area contributed by atoms with Crippen LogP contribution in [0.5, 0.6) is 0 Å². The summed E-state index contributed by atoms with van der Waals surface area (Å²) in [5.74, 6) is -2.09. The van der Waals surface area contributed by atoms with Gasteiger partial charge < -0.3 is 10.1 Å². The Balaban J connectivity index is 1.31. The molecule has 0 fully saturated rings. The van der Waals surface area contributed by atoms with Crippen LogP contribution in [-0.4, -0.2) is 46.5 Å². The zero-order chi connectivity index (χ0) is 27.0. The van der Waals surface area contributed by atoms with Gasteiger partial charge in [-0.3, -0.25) is 24.5 Å². The smallest absolute Gasteiger partial charge is 0.339 e. The molecular formula is C25H16N4O7S2. The van der Waals surface area contributed by atoms with Gasteiger partial charge in [0.05, 0.1) is 56.1 Å². The van der Waals surface area contributed by atoms with Crippen molar-refractivity contribution in [3.8, 4) is 0 Å². The fourth-order valence-corrected chi connectivity index (χ4v) is 5.77. The largest absolute Gasteiger partial charge is 0.465 e. The highest BCUT2D eigenvalue weighted by molar-refractivity contribution is 8.01. The number of para-hydroxylation sites is 1. The van der Waals surface area contributed by atoms with Gasteiger partial charge in [0.25, 0.3) is 17.5 Å². The van der Waals surface area contributed by atoms with Crippen LogP contribution in [0.15, 0.2) is 65.0 Å². The lowest BCUT2D eigenvalue weighted by atomic mass is 10.1. The van der Waals surface area contributed by atoms with Gasteiger partial charge in [-0.2, -0.15) is 0 Å². The van der Waals surface area contributed by atoms with E-state index in [4.69, 9.17) is 4.74 Å². The van der Waals surface area contributed by atoms with Crippen LogP contribution < -0.4 is 10.2 Å². The number of nitro groups is 1. The topological polar surface area (TPSA) is 149 Å². The number of nitrogens with one attached hydrogen (secondary N) is 1. The number of non-ortho nitro benzene ring substituents is 1. The second-order valence-electron chi connectivity index (χ2n) is 7.94. The number of nitrogens with zero attached hydrogens (tertiary/aromatic N) is 3. The van der Waals surface area contributed by atoms with E-state index in [-0.39, 0.29) is 34.0 Å². The number of ether oxygens (including phenoxy) is 1. The van der Waals surface area contributed by atoms with Gasteiger partial charge >= 0.3 is 5.97 Å². The summed E-state index contributed by atoms with van der Waals surface area (Å²) in [6.45, 7) is 0. The summed E-state index contributed by atoms with van der Waals surface area (Å²) in [5.41, 5.74) is 1.30. The summed E-state index contributed by atoms with van der Waals surface area (Å²) >= 11 is 2.48. The van der Waals surface area contributed by atoms with E-state index in [1.165, 1.54) is 42.3 Å². The Hall–Kier alpha value is -4.62. The Bertz CT molecular complexity index is 1670. The number of thiazole rings is 1. The van der Waals surface area contributed by atoms with E-state index in [1.54, 1.807) is 42.5 Å². The molecule has 3 amide bonds. The number of thioether (sulfide) groups is 1. The fourth-order valence-electron chi connectivity index (χ4n) is 3.86. The molecule has 0 unspecified atom stereocenters. The number of amides is 3. The van der Waals surface area contributed by atoms with E-state index in [1.807, 2.05) is 0 Å². The molecule has 4 aromatic rings. The van der Waals surface area contributed by atoms with Crippen LogP contribution >= 0.6 is 23.1 Å². The van der Waals surface area contributed by atoms with Crippen LogP contribution in [0, 0.1) is 10.1 Å². The molecule has 190 valence electrons.